The first-order valence-corrected chi connectivity index (χ1v) is 10.4. The molecule has 1 saturated carbocycles. The quantitative estimate of drug-likeness (QED) is 0.612. The van der Waals surface area contributed by atoms with E-state index in [-0.39, 0.29) is 5.41 Å². The minimum atomic E-state index is -4.31. The number of ether oxygens (including phenoxy) is 1. The largest absolute Gasteiger partial charge is 0.416 e. The molecule has 1 unspecified atom stereocenters. The number of morpholine rings is 1. The fourth-order valence-electron chi connectivity index (χ4n) is 4.50. The molecule has 0 amide bonds. The fraction of sp³-hybridized carbons (Fsp3) is 0.667. The summed E-state index contributed by atoms with van der Waals surface area (Å²) >= 11 is 0. The van der Waals surface area contributed by atoms with Crippen molar-refractivity contribution in [2.75, 3.05) is 53.0 Å². The smallest absolute Gasteiger partial charge is 0.379 e. The van der Waals surface area contributed by atoms with Crippen molar-refractivity contribution in [1.29, 1.82) is 0 Å². The number of nitrogens with zero attached hydrogens (tertiary/aromatic N) is 3. The van der Waals surface area contributed by atoms with Gasteiger partial charge in [0.05, 0.1) is 18.8 Å². The van der Waals surface area contributed by atoms with Crippen molar-refractivity contribution in [3.8, 4) is 0 Å². The lowest BCUT2D eigenvalue weighted by Crippen LogP contribution is -2.47. The minimum Gasteiger partial charge on any atom is -0.379 e. The standard InChI is InChI=1S/C21H29F3N4O/c1-25-19(28-8-5-18(14-28)27-9-11-29-12-10-27)26-15-20(6-7-20)16-3-2-4-17(13-16)21(22,23)24/h2-4,13,18H,5-12,14-15H2,1H3,(H,25,26). The monoisotopic (exact) mass is 410 g/mol. The van der Waals surface area contributed by atoms with Crippen molar-refractivity contribution in [2.45, 2.75) is 36.9 Å². The number of alkyl halides is 3. The van der Waals surface area contributed by atoms with Crippen molar-refractivity contribution in [3.63, 3.8) is 0 Å². The van der Waals surface area contributed by atoms with Crippen LogP contribution in [0.1, 0.15) is 30.4 Å². The highest BCUT2D eigenvalue weighted by atomic mass is 19.4. The number of hydrogen-bond donors (Lipinski definition) is 1. The first kappa shape index (κ1) is 20.5. The summed E-state index contributed by atoms with van der Waals surface area (Å²) in [5.41, 5.74) is -0.0259. The Morgan fingerprint density at radius 1 is 1.24 bits per heavy atom. The summed E-state index contributed by atoms with van der Waals surface area (Å²) in [6.45, 7) is 6.02. The van der Waals surface area contributed by atoms with Crippen molar-refractivity contribution in [3.05, 3.63) is 35.4 Å². The zero-order valence-corrected chi connectivity index (χ0v) is 16.8. The lowest BCUT2D eigenvalue weighted by molar-refractivity contribution is -0.137. The van der Waals surface area contributed by atoms with E-state index in [2.05, 4.69) is 20.1 Å². The fourth-order valence-corrected chi connectivity index (χ4v) is 4.50. The van der Waals surface area contributed by atoms with Crippen LogP contribution >= 0.6 is 0 Å². The van der Waals surface area contributed by atoms with Gasteiger partial charge in [-0.1, -0.05) is 18.2 Å². The molecule has 1 N–H and O–H groups in total. The van der Waals surface area contributed by atoms with Gasteiger partial charge in [-0.3, -0.25) is 9.89 Å². The van der Waals surface area contributed by atoms with Crippen LogP contribution in [0.25, 0.3) is 0 Å². The Morgan fingerprint density at radius 2 is 2.00 bits per heavy atom. The van der Waals surface area contributed by atoms with Crippen LogP contribution in [0.15, 0.2) is 29.3 Å². The van der Waals surface area contributed by atoms with E-state index < -0.39 is 11.7 Å². The third-order valence-corrected chi connectivity index (χ3v) is 6.48. The second-order valence-electron chi connectivity index (χ2n) is 8.30. The maximum Gasteiger partial charge on any atom is 0.416 e. The molecule has 2 saturated heterocycles. The average molecular weight is 410 g/mol. The predicted molar refractivity (Wildman–Crippen MR) is 106 cm³/mol. The van der Waals surface area contributed by atoms with Crippen LogP contribution in [0.5, 0.6) is 0 Å². The highest BCUT2D eigenvalue weighted by Gasteiger charge is 2.45. The van der Waals surface area contributed by atoms with Gasteiger partial charge in [0.15, 0.2) is 5.96 Å². The predicted octanol–water partition coefficient (Wildman–Crippen LogP) is 2.72. The molecule has 0 bridgehead atoms. The number of nitrogens with one attached hydrogen (secondary N) is 1. The summed E-state index contributed by atoms with van der Waals surface area (Å²) in [5.74, 6) is 0.846. The zero-order valence-electron chi connectivity index (χ0n) is 16.8. The van der Waals surface area contributed by atoms with Gasteiger partial charge in [0.2, 0.25) is 0 Å². The first-order valence-electron chi connectivity index (χ1n) is 10.4. The van der Waals surface area contributed by atoms with Crippen LogP contribution in [0.3, 0.4) is 0 Å². The molecule has 4 rings (SSSR count). The summed E-state index contributed by atoms with van der Waals surface area (Å²) in [6, 6.07) is 6.29. The first-order chi connectivity index (χ1) is 13.9. The maximum atomic E-state index is 13.1. The Hall–Kier alpha value is -1.80. The van der Waals surface area contributed by atoms with E-state index >= 15 is 0 Å². The molecule has 1 aromatic carbocycles. The minimum absolute atomic E-state index is 0.222. The second kappa shape index (κ2) is 8.14. The van der Waals surface area contributed by atoms with Crippen molar-refractivity contribution in [1.82, 2.24) is 15.1 Å². The van der Waals surface area contributed by atoms with Gasteiger partial charge in [0, 0.05) is 51.2 Å². The van der Waals surface area contributed by atoms with Crippen LogP contribution in [-0.2, 0) is 16.3 Å². The van der Waals surface area contributed by atoms with Crippen LogP contribution < -0.4 is 5.32 Å². The molecule has 1 aromatic rings. The van der Waals surface area contributed by atoms with Crippen LogP contribution in [0.2, 0.25) is 0 Å². The van der Waals surface area contributed by atoms with Crippen LogP contribution in [0, 0.1) is 0 Å². The summed E-state index contributed by atoms with van der Waals surface area (Å²) in [7, 11) is 1.77. The number of halogens is 3. The molecule has 1 atom stereocenters. The molecule has 5 nitrogen and oxygen atoms in total. The van der Waals surface area contributed by atoms with E-state index in [1.165, 1.54) is 12.1 Å². The normalized spacial score (nSPS) is 25.3. The van der Waals surface area contributed by atoms with E-state index in [0.29, 0.717) is 12.6 Å². The van der Waals surface area contributed by atoms with E-state index in [1.807, 2.05) is 6.07 Å². The average Bonchev–Trinajstić information content (AvgIpc) is 3.36. The molecule has 8 heteroatoms. The van der Waals surface area contributed by atoms with Gasteiger partial charge in [-0.05, 0) is 30.9 Å². The van der Waals surface area contributed by atoms with Crippen molar-refractivity contribution >= 4 is 5.96 Å². The van der Waals surface area contributed by atoms with Crippen molar-refractivity contribution in [2.24, 2.45) is 4.99 Å². The van der Waals surface area contributed by atoms with Gasteiger partial charge in [-0.2, -0.15) is 13.2 Å². The molecular weight excluding hydrogens is 381 g/mol. The Labute approximate surface area is 169 Å². The van der Waals surface area contributed by atoms with Gasteiger partial charge in [0.25, 0.3) is 0 Å². The molecule has 3 fully saturated rings. The highest BCUT2D eigenvalue weighted by Crippen LogP contribution is 2.48. The third-order valence-electron chi connectivity index (χ3n) is 6.48. The van der Waals surface area contributed by atoms with Gasteiger partial charge in [0.1, 0.15) is 0 Å². The van der Waals surface area contributed by atoms with Gasteiger partial charge in [-0.25, -0.2) is 0 Å². The molecular formula is C21H29F3N4O. The number of aliphatic imine (C=N–C) groups is 1. The molecule has 2 heterocycles. The van der Waals surface area contributed by atoms with Crippen LogP contribution in [-0.4, -0.2) is 74.8 Å². The molecule has 2 aliphatic heterocycles. The molecule has 3 aliphatic rings. The SMILES string of the molecule is CN=C(NCC1(c2cccc(C(F)(F)F)c2)CC1)N1CCC(N2CCOCC2)C1. The molecule has 1 aliphatic carbocycles. The molecule has 160 valence electrons. The number of hydrogen-bond acceptors (Lipinski definition) is 3. The van der Waals surface area contributed by atoms with Gasteiger partial charge in [-0.15, -0.1) is 0 Å². The van der Waals surface area contributed by atoms with E-state index in [4.69, 9.17) is 4.74 Å². The Bertz CT molecular complexity index is 742. The lowest BCUT2D eigenvalue weighted by Gasteiger charge is -2.32. The maximum absolute atomic E-state index is 13.1. The summed E-state index contributed by atoms with van der Waals surface area (Å²) in [5, 5.41) is 3.45. The van der Waals surface area contributed by atoms with E-state index in [0.717, 1.165) is 76.2 Å². The highest BCUT2D eigenvalue weighted by molar-refractivity contribution is 5.80. The van der Waals surface area contributed by atoms with Crippen LogP contribution in [0.4, 0.5) is 13.2 Å². The summed E-state index contributed by atoms with van der Waals surface area (Å²) < 4.78 is 44.7. The second-order valence-corrected chi connectivity index (χ2v) is 8.30. The number of likely N-dealkylation sites (tertiary alicyclic amines) is 1. The Balaban J connectivity index is 1.37. The van der Waals surface area contributed by atoms with E-state index in [1.54, 1.807) is 7.05 Å². The summed E-state index contributed by atoms with van der Waals surface area (Å²) in [6.07, 6.45) is -1.41. The number of benzene rings is 1. The molecule has 0 radical (unpaired) electrons. The topological polar surface area (TPSA) is 40.1 Å². The zero-order chi connectivity index (χ0) is 20.5. The van der Waals surface area contributed by atoms with Gasteiger partial charge < -0.3 is 15.0 Å². The Kier molecular flexibility index (Phi) is 5.75. The third kappa shape index (κ3) is 4.53. The molecule has 29 heavy (non-hydrogen) atoms. The summed E-state index contributed by atoms with van der Waals surface area (Å²) in [4.78, 5) is 9.19. The van der Waals surface area contributed by atoms with Crippen molar-refractivity contribution < 1.29 is 17.9 Å². The van der Waals surface area contributed by atoms with E-state index in [9.17, 15) is 13.2 Å². The number of guanidine groups is 1. The van der Waals surface area contributed by atoms with Gasteiger partial charge >= 0.3 is 6.18 Å². The molecule has 0 aromatic heterocycles. The number of rotatable bonds is 4. The molecule has 0 spiro atoms. The Morgan fingerprint density at radius 3 is 2.66 bits per heavy atom. The lowest BCUT2D eigenvalue weighted by atomic mass is 9.94.